The van der Waals surface area contributed by atoms with Crippen molar-refractivity contribution in [3.8, 4) is 11.3 Å². The summed E-state index contributed by atoms with van der Waals surface area (Å²) in [5.41, 5.74) is 2.54. The Hall–Kier alpha value is -3.11. The molecule has 1 aromatic heterocycles. The van der Waals surface area contributed by atoms with Crippen molar-refractivity contribution in [3.05, 3.63) is 69.1 Å². The number of thiazole rings is 1. The summed E-state index contributed by atoms with van der Waals surface area (Å²) in [6.07, 6.45) is -0.207. The Labute approximate surface area is 177 Å². The SMILES string of the molecule is Cc1ccc(S(=O)(=O)CCC(=O)Nc2nc(-c3ccc(C)c([N+](=O)[O-])c3)cs2)cc1. The third-order valence-electron chi connectivity index (χ3n) is 4.43. The maximum atomic E-state index is 12.4. The molecule has 8 nitrogen and oxygen atoms in total. The molecule has 0 bridgehead atoms. The molecule has 2 aromatic carbocycles. The molecule has 156 valence electrons. The Morgan fingerprint density at radius 1 is 1.17 bits per heavy atom. The molecule has 1 amide bonds. The Morgan fingerprint density at radius 3 is 2.53 bits per heavy atom. The summed E-state index contributed by atoms with van der Waals surface area (Å²) in [6, 6.07) is 11.3. The molecule has 0 unspecified atom stereocenters. The quantitative estimate of drug-likeness (QED) is 0.431. The zero-order chi connectivity index (χ0) is 21.9. The highest BCUT2D eigenvalue weighted by Crippen LogP contribution is 2.29. The lowest BCUT2D eigenvalue weighted by atomic mass is 10.1. The molecule has 1 heterocycles. The van der Waals surface area contributed by atoms with Crippen molar-refractivity contribution >= 4 is 37.9 Å². The third kappa shape index (κ3) is 5.08. The Morgan fingerprint density at radius 2 is 1.87 bits per heavy atom. The molecule has 0 saturated heterocycles. The molecule has 1 N–H and O–H groups in total. The highest BCUT2D eigenvalue weighted by atomic mass is 32.2. The minimum atomic E-state index is -3.56. The zero-order valence-electron chi connectivity index (χ0n) is 16.3. The molecule has 30 heavy (non-hydrogen) atoms. The molecule has 0 saturated carbocycles. The fourth-order valence-corrected chi connectivity index (χ4v) is 4.68. The van der Waals surface area contributed by atoms with Gasteiger partial charge in [-0.1, -0.05) is 29.8 Å². The van der Waals surface area contributed by atoms with Gasteiger partial charge in [-0.2, -0.15) is 0 Å². The number of sulfone groups is 1. The Kier molecular flexibility index (Phi) is 6.28. The zero-order valence-corrected chi connectivity index (χ0v) is 17.9. The van der Waals surface area contributed by atoms with Crippen LogP contribution in [0.3, 0.4) is 0 Å². The van der Waals surface area contributed by atoms with Crippen LogP contribution in [0.15, 0.2) is 52.7 Å². The van der Waals surface area contributed by atoms with E-state index < -0.39 is 20.7 Å². The van der Waals surface area contributed by atoms with Crippen LogP contribution >= 0.6 is 11.3 Å². The lowest BCUT2D eigenvalue weighted by Gasteiger charge is -2.05. The van der Waals surface area contributed by atoms with Gasteiger partial charge in [0.05, 0.1) is 21.3 Å². The standard InChI is InChI=1S/C20H19N3O5S2/c1-13-3-7-16(8-4-13)30(27,28)10-9-19(24)22-20-21-17(12-29-20)15-6-5-14(2)18(11-15)23(25)26/h3-8,11-12H,9-10H2,1-2H3,(H,21,22,24). The first-order chi connectivity index (χ1) is 14.2. The molecule has 3 aromatic rings. The van der Waals surface area contributed by atoms with E-state index in [4.69, 9.17) is 0 Å². The number of hydrogen-bond donors (Lipinski definition) is 1. The van der Waals surface area contributed by atoms with Crippen molar-refractivity contribution < 1.29 is 18.1 Å². The monoisotopic (exact) mass is 445 g/mol. The number of benzene rings is 2. The fraction of sp³-hybridized carbons (Fsp3) is 0.200. The predicted molar refractivity (Wildman–Crippen MR) is 115 cm³/mol. The van der Waals surface area contributed by atoms with Crippen LogP contribution in [-0.2, 0) is 14.6 Å². The van der Waals surface area contributed by atoms with Crippen LogP contribution in [0.4, 0.5) is 10.8 Å². The molecule has 0 aliphatic carbocycles. The lowest BCUT2D eigenvalue weighted by Crippen LogP contribution is -2.17. The molecule has 0 aliphatic rings. The number of rotatable bonds is 7. The molecular weight excluding hydrogens is 426 g/mol. The molecule has 0 fully saturated rings. The summed E-state index contributed by atoms with van der Waals surface area (Å²) in [6.45, 7) is 3.51. The van der Waals surface area contributed by atoms with E-state index in [1.165, 1.54) is 18.2 Å². The highest BCUT2D eigenvalue weighted by molar-refractivity contribution is 7.91. The van der Waals surface area contributed by atoms with E-state index in [0.717, 1.165) is 16.9 Å². The van der Waals surface area contributed by atoms with Gasteiger partial charge in [0.2, 0.25) is 5.91 Å². The number of carbonyl (C=O) groups is 1. The first-order valence-corrected chi connectivity index (χ1v) is 11.5. The Bertz CT molecular complexity index is 1200. The summed E-state index contributed by atoms with van der Waals surface area (Å²) in [5.74, 6) is -0.786. The molecular formula is C20H19N3O5S2. The maximum Gasteiger partial charge on any atom is 0.272 e. The summed E-state index contributed by atoms with van der Waals surface area (Å²) < 4.78 is 24.7. The smallest absolute Gasteiger partial charge is 0.272 e. The van der Waals surface area contributed by atoms with Gasteiger partial charge in [-0.15, -0.1) is 11.3 Å². The van der Waals surface area contributed by atoms with Gasteiger partial charge in [0.15, 0.2) is 15.0 Å². The van der Waals surface area contributed by atoms with Crippen LogP contribution in [0.5, 0.6) is 0 Å². The number of amides is 1. The fourth-order valence-electron chi connectivity index (χ4n) is 2.70. The number of aromatic nitrogens is 1. The van der Waals surface area contributed by atoms with Gasteiger partial charge in [0.1, 0.15) is 0 Å². The largest absolute Gasteiger partial charge is 0.302 e. The number of nitro groups is 1. The molecule has 0 spiro atoms. The van der Waals surface area contributed by atoms with Crippen LogP contribution in [0.2, 0.25) is 0 Å². The number of aryl methyl sites for hydroxylation is 2. The molecule has 0 radical (unpaired) electrons. The second kappa shape index (κ2) is 8.72. The van der Waals surface area contributed by atoms with Gasteiger partial charge in [-0.3, -0.25) is 14.9 Å². The van der Waals surface area contributed by atoms with E-state index in [-0.39, 0.29) is 22.8 Å². The van der Waals surface area contributed by atoms with Crippen LogP contribution in [0.1, 0.15) is 17.5 Å². The van der Waals surface area contributed by atoms with Gasteiger partial charge in [0.25, 0.3) is 5.69 Å². The molecule has 3 rings (SSSR count). The van der Waals surface area contributed by atoms with Crippen molar-refractivity contribution in [1.29, 1.82) is 0 Å². The van der Waals surface area contributed by atoms with E-state index in [2.05, 4.69) is 10.3 Å². The molecule has 0 aliphatic heterocycles. The van der Waals surface area contributed by atoms with E-state index in [1.54, 1.807) is 36.6 Å². The molecule has 0 atom stereocenters. The number of nitrogens with zero attached hydrogens (tertiary/aromatic N) is 2. The van der Waals surface area contributed by atoms with E-state index in [1.807, 2.05) is 6.92 Å². The second-order valence-electron chi connectivity index (χ2n) is 6.73. The molecule has 10 heteroatoms. The lowest BCUT2D eigenvalue weighted by molar-refractivity contribution is -0.385. The van der Waals surface area contributed by atoms with E-state index >= 15 is 0 Å². The summed E-state index contributed by atoms with van der Waals surface area (Å²) in [5, 5.41) is 15.7. The number of hydrogen-bond acceptors (Lipinski definition) is 7. The number of anilines is 1. The number of nitro benzene ring substituents is 1. The Balaban J connectivity index is 1.65. The van der Waals surface area contributed by atoms with Crippen molar-refractivity contribution in [2.75, 3.05) is 11.1 Å². The maximum absolute atomic E-state index is 12.4. The van der Waals surface area contributed by atoms with Crippen molar-refractivity contribution in [1.82, 2.24) is 4.98 Å². The van der Waals surface area contributed by atoms with Gasteiger partial charge >= 0.3 is 0 Å². The van der Waals surface area contributed by atoms with E-state index in [9.17, 15) is 23.3 Å². The predicted octanol–water partition coefficient (Wildman–Crippen LogP) is 4.14. The number of nitrogens with one attached hydrogen (secondary N) is 1. The van der Waals surface area contributed by atoms with Gasteiger partial charge in [0, 0.05) is 29.0 Å². The van der Waals surface area contributed by atoms with Crippen molar-refractivity contribution in [2.24, 2.45) is 0 Å². The summed E-state index contributed by atoms with van der Waals surface area (Å²) in [4.78, 5) is 27.3. The van der Waals surface area contributed by atoms with Crippen LogP contribution < -0.4 is 5.32 Å². The summed E-state index contributed by atoms with van der Waals surface area (Å²) in [7, 11) is -3.56. The average Bonchev–Trinajstić information content (AvgIpc) is 3.15. The van der Waals surface area contributed by atoms with E-state index in [0.29, 0.717) is 22.0 Å². The van der Waals surface area contributed by atoms with Gasteiger partial charge in [-0.05, 0) is 26.0 Å². The first-order valence-electron chi connectivity index (χ1n) is 8.96. The normalized spacial score (nSPS) is 11.3. The first kappa shape index (κ1) is 21.6. The van der Waals surface area contributed by atoms with Gasteiger partial charge in [-0.25, -0.2) is 13.4 Å². The minimum absolute atomic E-state index is 0.00704. The average molecular weight is 446 g/mol. The minimum Gasteiger partial charge on any atom is -0.302 e. The van der Waals surface area contributed by atoms with Crippen LogP contribution in [0.25, 0.3) is 11.3 Å². The highest BCUT2D eigenvalue weighted by Gasteiger charge is 2.18. The van der Waals surface area contributed by atoms with Crippen molar-refractivity contribution in [2.45, 2.75) is 25.2 Å². The van der Waals surface area contributed by atoms with Crippen LogP contribution in [-0.4, -0.2) is 30.0 Å². The second-order valence-corrected chi connectivity index (χ2v) is 9.69. The van der Waals surface area contributed by atoms with Gasteiger partial charge < -0.3 is 5.32 Å². The van der Waals surface area contributed by atoms with Crippen LogP contribution in [0, 0.1) is 24.0 Å². The van der Waals surface area contributed by atoms with Crippen molar-refractivity contribution in [3.63, 3.8) is 0 Å². The third-order valence-corrected chi connectivity index (χ3v) is 6.92. The summed E-state index contributed by atoms with van der Waals surface area (Å²) >= 11 is 1.16. The number of carbonyl (C=O) groups excluding carboxylic acids is 1. The topological polar surface area (TPSA) is 119 Å².